The standard InChI is InChI=1S/C72H72BN3O/c1-44-35-52-54(68(4,5)34-33-67(52,2)3)41-59(44)75-60-36-46(45-21-13-12-14-22-45)27-30-56(60)73-57-40-53-55(70(8,9)43-69(53,6)7)42-61(57)74(47-28-29-50-49-23-15-18-26-64(49)77-65(50)39-47)62-37-48(38-63(75)66(62)73)76-58-25-17-16-24-51(58)71(10)31-19-20-32-72(71,76)11/h12-18,21-30,35-42H,19-20,31-34,43H2,1-11H3. The zero-order chi connectivity index (χ0) is 52.9. The van der Waals surface area contributed by atoms with Crippen molar-refractivity contribution in [3.8, 4) is 11.1 Å². The lowest BCUT2D eigenvalue weighted by atomic mass is 9.33. The molecule has 5 heteroatoms. The Morgan fingerprint density at radius 2 is 1.04 bits per heavy atom. The summed E-state index contributed by atoms with van der Waals surface area (Å²) >= 11 is 0. The van der Waals surface area contributed by atoms with E-state index < -0.39 is 0 Å². The molecule has 6 aliphatic rings. The van der Waals surface area contributed by atoms with Crippen LogP contribution in [0.2, 0.25) is 0 Å². The molecule has 0 amide bonds. The molecule has 77 heavy (non-hydrogen) atoms. The van der Waals surface area contributed by atoms with E-state index in [1.54, 1.807) is 0 Å². The van der Waals surface area contributed by atoms with E-state index in [1.165, 1.54) is 126 Å². The SMILES string of the molecule is Cc1cc2c(cc1N1c3cc(-c4ccccc4)ccc3B3c4cc5c(cc4N(c4ccc6c(c4)oc4ccccc46)c4cc(N6c7ccccc7C7(C)CCCCC67C)cc1c43)C(C)(C)CC5(C)C)C(C)(C)CCC2(C)C. The van der Waals surface area contributed by atoms with Crippen LogP contribution in [0.3, 0.4) is 0 Å². The molecule has 4 nitrogen and oxygen atoms in total. The summed E-state index contributed by atoms with van der Waals surface area (Å²) in [5.41, 5.74) is 27.1. The maximum absolute atomic E-state index is 6.81. The second kappa shape index (κ2) is 15.6. The third-order valence-electron chi connectivity index (χ3n) is 20.9. The first-order valence-corrected chi connectivity index (χ1v) is 28.9. The molecule has 0 saturated heterocycles. The Morgan fingerprint density at radius 3 is 1.82 bits per heavy atom. The Hall–Kier alpha value is -6.98. The van der Waals surface area contributed by atoms with Crippen LogP contribution < -0.4 is 31.1 Å². The molecule has 1 fully saturated rings. The molecule has 2 atom stereocenters. The number of para-hydroxylation sites is 2. The van der Waals surface area contributed by atoms with Crippen LogP contribution in [0.5, 0.6) is 0 Å². The molecule has 8 aromatic carbocycles. The number of benzene rings is 8. The monoisotopic (exact) mass is 1010 g/mol. The van der Waals surface area contributed by atoms with Gasteiger partial charge in [-0.2, -0.15) is 0 Å². The molecule has 15 rings (SSSR count). The zero-order valence-corrected chi connectivity index (χ0v) is 47.2. The number of aryl methyl sites for hydroxylation is 1. The van der Waals surface area contributed by atoms with Crippen molar-refractivity contribution in [3.63, 3.8) is 0 Å². The first kappa shape index (κ1) is 47.3. The maximum atomic E-state index is 6.81. The quantitative estimate of drug-likeness (QED) is 0.164. The van der Waals surface area contributed by atoms with Crippen molar-refractivity contribution in [3.05, 3.63) is 185 Å². The summed E-state index contributed by atoms with van der Waals surface area (Å²) in [5.74, 6) is 0. The summed E-state index contributed by atoms with van der Waals surface area (Å²) in [5, 5.41) is 2.30. The third kappa shape index (κ3) is 6.41. The topological polar surface area (TPSA) is 22.9 Å². The summed E-state index contributed by atoms with van der Waals surface area (Å²) in [6, 6.07) is 59.3. The van der Waals surface area contributed by atoms with Crippen LogP contribution in [-0.2, 0) is 27.1 Å². The van der Waals surface area contributed by atoms with Crippen LogP contribution in [0.1, 0.15) is 148 Å². The van der Waals surface area contributed by atoms with E-state index in [0.717, 1.165) is 46.9 Å². The van der Waals surface area contributed by atoms with Crippen molar-refractivity contribution in [2.75, 3.05) is 14.7 Å². The Balaban J connectivity index is 1.10. The van der Waals surface area contributed by atoms with Gasteiger partial charge in [-0.15, -0.1) is 0 Å². The average Bonchev–Trinajstić information content (AvgIpc) is 4.20. The molecule has 4 heterocycles. The molecule has 384 valence electrons. The summed E-state index contributed by atoms with van der Waals surface area (Å²) < 4.78 is 6.81. The lowest BCUT2D eigenvalue weighted by Crippen LogP contribution is -2.62. The summed E-state index contributed by atoms with van der Waals surface area (Å²) in [7, 11) is 0. The normalized spacial score (nSPS) is 22.5. The van der Waals surface area contributed by atoms with E-state index in [2.05, 4.69) is 243 Å². The van der Waals surface area contributed by atoms with Gasteiger partial charge in [0, 0.05) is 67.8 Å². The number of rotatable bonds is 4. The van der Waals surface area contributed by atoms with E-state index >= 15 is 0 Å². The number of furan rings is 1. The number of fused-ring (bicyclic) bond motifs is 12. The van der Waals surface area contributed by atoms with E-state index in [9.17, 15) is 0 Å². The third-order valence-corrected chi connectivity index (χ3v) is 20.9. The highest BCUT2D eigenvalue weighted by atomic mass is 16.3. The van der Waals surface area contributed by atoms with Gasteiger partial charge in [0.15, 0.2) is 0 Å². The lowest BCUT2D eigenvalue weighted by Gasteiger charge is -2.51. The summed E-state index contributed by atoms with van der Waals surface area (Å²) in [6.07, 6.45) is 8.19. The van der Waals surface area contributed by atoms with Crippen molar-refractivity contribution in [1.82, 2.24) is 0 Å². The number of nitrogens with zero attached hydrogens (tertiary/aromatic N) is 3. The first-order valence-electron chi connectivity index (χ1n) is 28.9. The molecule has 0 bridgehead atoms. The number of hydrogen-bond donors (Lipinski definition) is 0. The Morgan fingerprint density at radius 1 is 0.416 bits per heavy atom. The van der Waals surface area contributed by atoms with Crippen molar-refractivity contribution in [2.24, 2.45) is 0 Å². The second-order valence-electron chi connectivity index (χ2n) is 27.4. The van der Waals surface area contributed by atoms with Crippen molar-refractivity contribution >= 4 is 90.5 Å². The molecular formula is C72H72BN3O. The predicted molar refractivity (Wildman–Crippen MR) is 327 cm³/mol. The molecule has 3 aliphatic heterocycles. The smallest absolute Gasteiger partial charge is 0.252 e. The molecular weight excluding hydrogens is 934 g/mol. The van der Waals surface area contributed by atoms with Gasteiger partial charge in [-0.3, -0.25) is 0 Å². The minimum Gasteiger partial charge on any atom is -0.456 e. The molecule has 1 aromatic heterocycles. The van der Waals surface area contributed by atoms with Gasteiger partial charge in [-0.25, -0.2) is 0 Å². The molecule has 3 aliphatic carbocycles. The van der Waals surface area contributed by atoms with E-state index in [-0.39, 0.29) is 39.3 Å². The minimum absolute atomic E-state index is 0.00556. The first-order chi connectivity index (χ1) is 36.8. The molecule has 1 saturated carbocycles. The molecule has 2 unspecified atom stereocenters. The van der Waals surface area contributed by atoms with Crippen LogP contribution >= 0.6 is 0 Å². The highest BCUT2D eigenvalue weighted by molar-refractivity contribution is 7.00. The Labute approximate surface area is 457 Å². The Bertz CT molecular complexity index is 4010. The molecule has 0 spiro atoms. The number of anilines is 8. The molecule has 0 N–H and O–H groups in total. The van der Waals surface area contributed by atoms with E-state index in [0.29, 0.717) is 0 Å². The number of hydrogen-bond acceptors (Lipinski definition) is 4. The van der Waals surface area contributed by atoms with Crippen molar-refractivity contribution < 1.29 is 4.42 Å². The van der Waals surface area contributed by atoms with E-state index in [4.69, 9.17) is 4.42 Å². The lowest BCUT2D eigenvalue weighted by molar-refractivity contribution is 0.195. The van der Waals surface area contributed by atoms with Crippen molar-refractivity contribution in [1.29, 1.82) is 0 Å². The summed E-state index contributed by atoms with van der Waals surface area (Å²) in [6.45, 7) is 27.3. The summed E-state index contributed by atoms with van der Waals surface area (Å²) in [4.78, 5) is 8.22. The minimum atomic E-state index is -0.147. The van der Waals surface area contributed by atoms with Gasteiger partial charge in [0.1, 0.15) is 11.2 Å². The van der Waals surface area contributed by atoms with Gasteiger partial charge in [0.2, 0.25) is 0 Å². The predicted octanol–water partition coefficient (Wildman–Crippen LogP) is 17.7. The Kier molecular flexibility index (Phi) is 9.58. The van der Waals surface area contributed by atoms with E-state index in [1.807, 2.05) is 0 Å². The largest absolute Gasteiger partial charge is 0.456 e. The molecule has 0 radical (unpaired) electrons. The fraction of sp³-hybridized carbons (Fsp3) is 0.333. The van der Waals surface area contributed by atoms with Crippen LogP contribution in [0.25, 0.3) is 33.1 Å². The average molecular weight is 1010 g/mol. The van der Waals surface area contributed by atoms with Gasteiger partial charge in [-0.05, 0) is 183 Å². The fourth-order valence-corrected chi connectivity index (χ4v) is 16.8. The molecule has 9 aromatic rings. The van der Waals surface area contributed by atoms with Gasteiger partial charge in [-0.1, -0.05) is 166 Å². The highest BCUT2D eigenvalue weighted by Gasteiger charge is 2.58. The van der Waals surface area contributed by atoms with Gasteiger partial charge in [0.25, 0.3) is 6.71 Å². The van der Waals surface area contributed by atoms with Crippen LogP contribution in [0.15, 0.2) is 156 Å². The fourth-order valence-electron chi connectivity index (χ4n) is 16.8. The van der Waals surface area contributed by atoms with Gasteiger partial charge in [0.05, 0.1) is 5.54 Å². The zero-order valence-electron chi connectivity index (χ0n) is 47.2. The van der Waals surface area contributed by atoms with Crippen LogP contribution in [0, 0.1) is 6.92 Å². The van der Waals surface area contributed by atoms with Crippen LogP contribution in [-0.4, -0.2) is 12.3 Å². The van der Waals surface area contributed by atoms with Gasteiger partial charge < -0.3 is 19.1 Å². The van der Waals surface area contributed by atoms with Crippen molar-refractivity contribution in [2.45, 2.75) is 154 Å². The van der Waals surface area contributed by atoms with Crippen LogP contribution in [0.4, 0.5) is 45.5 Å². The second-order valence-corrected chi connectivity index (χ2v) is 27.4. The highest BCUT2D eigenvalue weighted by Crippen LogP contribution is 2.62. The van der Waals surface area contributed by atoms with Gasteiger partial charge >= 0.3 is 0 Å². The maximum Gasteiger partial charge on any atom is 0.252 e.